The first-order valence-corrected chi connectivity index (χ1v) is 7.98. The highest BCUT2D eigenvalue weighted by Gasteiger charge is 2.19. The minimum absolute atomic E-state index is 0.0126. The Balaban J connectivity index is 1.83. The van der Waals surface area contributed by atoms with E-state index < -0.39 is 0 Å². The second-order valence-electron chi connectivity index (χ2n) is 5.51. The zero-order chi connectivity index (χ0) is 14.2. The molecule has 1 aromatic rings. The monoisotopic (exact) mass is 281 g/mol. The molecule has 2 rings (SSSR count). The maximum atomic E-state index is 5.68. The molecule has 0 radical (unpaired) electrons. The van der Waals surface area contributed by atoms with E-state index in [2.05, 4.69) is 22.4 Å². The fraction of sp³-hybridized carbons (Fsp3) is 0.867. The van der Waals surface area contributed by atoms with Crippen LogP contribution in [0.15, 0.2) is 4.52 Å². The van der Waals surface area contributed by atoms with Gasteiger partial charge in [-0.05, 0) is 51.6 Å². The lowest BCUT2D eigenvalue weighted by atomic mass is 9.93. The zero-order valence-corrected chi connectivity index (χ0v) is 12.7. The molecule has 1 fully saturated rings. The molecule has 0 amide bonds. The maximum absolute atomic E-state index is 5.68. The van der Waals surface area contributed by atoms with E-state index in [-0.39, 0.29) is 6.10 Å². The minimum atomic E-state index is -0.0126. The highest BCUT2D eigenvalue weighted by molar-refractivity contribution is 4.92. The fourth-order valence-electron chi connectivity index (χ4n) is 2.75. The molecule has 1 aromatic heterocycles. The molecule has 1 aliphatic rings. The van der Waals surface area contributed by atoms with E-state index in [1.54, 1.807) is 0 Å². The third-order valence-corrected chi connectivity index (χ3v) is 3.92. The summed E-state index contributed by atoms with van der Waals surface area (Å²) in [7, 11) is 0. The Bertz CT molecular complexity index is 369. The number of hydrogen-bond acceptors (Lipinski definition) is 5. The predicted octanol–water partition coefficient (Wildman–Crippen LogP) is 2.88. The van der Waals surface area contributed by atoms with Crippen LogP contribution in [0.3, 0.4) is 0 Å². The Hall–Kier alpha value is -0.940. The molecule has 5 nitrogen and oxygen atoms in total. The quantitative estimate of drug-likeness (QED) is 0.794. The molecule has 1 saturated heterocycles. The van der Waals surface area contributed by atoms with Gasteiger partial charge in [-0.2, -0.15) is 4.98 Å². The molecule has 114 valence electrons. The zero-order valence-electron chi connectivity index (χ0n) is 12.7. The van der Waals surface area contributed by atoms with Crippen molar-refractivity contribution in [3.8, 4) is 0 Å². The van der Waals surface area contributed by atoms with Gasteiger partial charge in [0.2, 0.25) is 11.7 Å². The van der Waals surface area contributed by atoms with Gasteiger partial charge in [-0.25, -0.2) is 0 Å². The minimum Gasteiger partial charge on any atom is -0.370 e. The Kier molecular flexibility index (Phi) is 6.47. The Labute approximate surface area is 121 Å². The first-order valence-electron chi connectivity index (χ1n) is 7.98. The smallest absolute Gasteiger partial charge is 0.226 e. The van der Waals surface area contributed by atoms with Crippen LogP contribution in [-0.2, 0) is 11.2 Å². The fourth-order valence-corrected chi connectivity index (χ4v) is 2.75. The summed E-state index contributed by atoms with van der Waals surface area (Å²) in [5.41, 5.74) is 0. The molecule has 1 atom stereocenters. The van der Waals surface area contributed by atoms with E-state index in [1.165, 1.54) is 12.8 Å². The first-order chi connectivity index (χ1) is 9.83. The van der Waals surface area contributed by atoms with Crippen LogP contribution in [0.2, 0.25) is 0 Å². The van der Waals surface area contributed by atoms with E-state index in [4.69, 9.17) is 9.26 Å². The average molecular weight is 281 g/mol. The van der Waals surface area contributed by atoms with Crippen molar-refractivity contribution in [2.75, 3.05) is 19.7 Å². The van der Waals surface area contributed by atoms with Crippen LogP contribution < -0.4 is 5.32 Å². The number of piperidine rings is 1. The third kappa shape index (κ3) is 4.56. The summed E-state index contributed by atoms with van der Waals surface area (Å²) in [5, 5.41) is 7.49. The summed E-state index contributed by atoms with van der Waals surface area (Å²) in [6.45, 7) is 7.11. The van der Waals surface area contributed by atoms with Crippen LogP contribution in [0, 0.1) is 5.92 Å². The summed E-state index contributed by atoms with van der Waals surface area (Å²) in [6, 6.07) is 0. The molecule has 20 heavy (non-hydrogen) atoms. The van der Waals surface area contributed by atoms with E-state index in [0.29, 0.717) is 12.4 Å². The number of nitrogens with zero attached hydrogens (tertiary/aromatic N) is 2. The van der Waals surface area contributed by atoms with Crippen molar-refractivity contribution >= 4 is 0 Å². The number of aryl methyl sites for hydroxylation is 1. The largest absolute Gasteiger partial charge is 0.370 e. The van der Waals surface area contributed by atoms with Gasteiger partial charge in [-0.3, -0.25) is 0 Å². The van der Waals surface area contributed by atoms with Crippen molar-refractivity contribution in [2.45, 2.75) is 58.5 Å². The van der Waals surface area contributed by atoms with E-state index in [1.807, 2.05) is 6.92 Å². The molecule has 0 aromatic carbocycles. The van der Waals surface area contributed by atoms with Crippen molar-refractivity contribution in [3.05, 3.63) is 11.7 Å². The molecular weight excluding hydrogens is 254 g/mol. The van der Waals surface area contributed by atoms with Gasteiger partial charge < -0.3 is 14.6 Å². The predicted molar refractivity (Wildman–Crippen MR) is 77.5 cm³/mol. The molecule has 1 N–H and O–H groups in total. The van der Waals surface area contributed by atoms with Crippen LogP contribution in [0.25, 0.3) is 0 Å². The maximum Gasteiger partial charge on any atom is 0.226 e. The van der Waals surface area contributed by atoms with Gasteiger partial charge in [0.1, 0.15) is 6.10 Å². The third-order valence-electron chi connectivity index (χ3n) is 3.92. The summed E-state index contributed by atoms with van der Waals surface area (Å²) < 4.78 is 11.1. The summed E-state index contributed by atoms with van der Waals surface area (Å²) in [4.78, 5) is 4.51. The van der Waals surface area contributed by atoms with Gasteiger partial charge >= 0.3 is 0 Å². The van der Waals surface area contributed by atoms with Crippen molar-refractivity contribution in [1.29, 1.82) is 0 Å². The second-order valence-corrected chi connectivity index (χ2v) is 5.51. The van der Waals surface area contributed by atoms with Gasteiger partial charge in [-0.1, -0.05) is 18.5 Å². The van der Waals surface area contributed by atoms with Gasteiger partial charge in [-0.15, -0.1) is 0 Å². The van der Waals surface area contributed by atoms with Gasteiger partial charge in [0.15, 0.2) is 0 Å². The number of ether oxygens (including phenoxy) is 1. The van der Waals surface area contributed by atoms with Crippen molar-refractivity contribution < 1.29 is 9.26 Å². The van der Waals surface area contributed by atoms with Gasteiger partial charge in [0.05, 0.1) is 0 Å². The van der Waals surface area contributed by atoms with Crippen molar-refractivity contribution in [1.82, 2.24) is 15.5 Å². The Morgan fingerprint density at radius 3 is 2.85 bits per heavy atom. The van der Waals surface area contributed by atoms with Crippen molar-refractivity contribution in [2.24, 2.45) is 5.92 Å². The average Bonchev–Trinajstić information content (AvgIpc) is 2.95. The Morgan fingerprint density at radius 2 is 2.15 bits per heavy atom. The highest BCUT2D eigenvalue weighted by atomic mass is 16.5. The van der Waals surface area contributed by atoms with Gasteiger partial charge in [0.25, 0.3) is 0 Å². The second kappa shape index (κ2) is 8.37. The van der Waals surface area contributed by atoms with E-state index >= 15 is 0 Å². The highest BCUT2D eigenvalue weighted by Crippen LogP contribution is 2.22. The topological polar surface area (TPSA) is 60.2 Å². The summed E-state index contributed by atoms with van der Waals surface area (Å²) in [6.07, 6.45) is 6.56. The molecule has 0 bridgehead atoms. The Morgan fingerprint density at radius 1 is 1.35 bits per heavy atom. The van der Waals surface area contributed by atoms with Crippen LogP contribution in [0.1, 0.15) is 63.8 Å². The van der Waals surface area contributed by atoms with Crippen LogP contribution in [0.4, 0.5) is 0 Å². The summed E-state index contributed by atoms with van der Waals surface area (Å²) >= 11 is 0. The molecule has 0 aliphatic carbocycles. The molecule has 0 spiro atoms. The van der Waals surface area contributed by atoms with Crippen LogP contribution in [-0.4, -0.2) is 29.8 Å². The standard InChI is InChI=1S/C15H27N3O2/c1-3-5-13(19-4-2)15-17-14(20-18-15)7-6-12-8-10-16-11-9-12/h12-13,16H,3-11H2,1-2H3. The van der Waals surface area contributed by atoms with E-state index in [9.17, 15) is 0 Å². The van der Waals surface area contributed by atoms with Crippen molar-refractivity contribution in [3.63, 3.8) is 0 Å². The lowest BCUT2D eigenvalue weighted by molar-refractivity contribution is 0.0477. The first kappa shape index (κ1) is 15.4. The lowest BCUT2D eigenvalue weighted by Crippen LogP contribution is -2.27. The molecule has 1 unspecified atom stereocenters. The normalized spacial score (nSPS) is 18.3. The lowest BCUT2D eigenvalue weighted by Gasteiger charge is -2.21. The summed E-state index contributed by atoms with van der Waals surface area (Å²) in [5.74, 6) is 2.28. The van der Waals surface area contributed by atoms with E-state index in [0.717, 1.165) is 50.6 Å². The van der Waals surface area contributed by atoms with Crippen LogP contribution >= 0.6 is 0 Å². The number of nitrogens with one attached hydrogen (secondary N) is 1. The molecule has 0 saturated carbocycles. The number of hydrogen-bond donors (Lipinski definition) is 1. The molecule has 2 heterocycles. The SMILES string of the molecule is CCCC(OCC)c1noc(CCC2CCNCC2)n1. The van der Waals surface area contributed by atoms with Crippen LogP contribution in [0.5, 0.6) is 0 Å². The number of rotatable bonds is 8. The number of aromatic nitrogens is 2. The molecule has 5 heteroatoms. The van der Waals surface area contributed by atoms with Gasteiger partial charge in [0, 0.05) is 13.0 Å². The molecular formula is C15H27N3O2. The molecule has 1 aliphatic heterocycles.